The predicted octanol–water partition coefficient (Wildman–Crippen LogP) is 5.34. The highest BCUT2D eigenvalue weighted by atomic mass is 35.5. The van der Waals surface area contributed by atoms with Crippen molar-refractivity contribution in [1.82, 2.24) is 5.32 Å². The van der Waals surface area contributed by atoms with Crippen molar-refractivity contribution in [1.29, 1.82) is 0 Å². The molecule has 0 saturated heterocycles. The lowest BCUT2D eigenvalue weighted by Crippen LogP contribution is -2.27. The number of halogens is 1. The Morgan fingerprint density at radius 2 is 1.69 bits per heavy atom. The second-order valence-corrected chi connectivity index (χ2v) is 9.40. The first-order valence-electron chi connectivity index (χ1n) is 10.1. The molecular formula is C24H25ClN2O4S. The number of amides is 1. The van der Waals surface area contributed by atoms with Gasteiger partial charge in [0.1, 0.15) is 5.75 Å². The second-order valence-electron chi connectivity index (χ2n) is 7.31. The van der Waals surface area contributed by atoms with Gasteiger partial charge in [-0.25, -0.2) is 8.42 Å². The normalized spacial score (nSPS) is 12.1. The fraction of sp³-hybridized carbons (Fsp3) is 0.208. The minimum absolute atomic E-state index is 0.133. The fourth-order valence-electron chi connectivity index (χ4n) is 3.07. The van der Waals surface area contributed by atoms with Gasteiger partial charge in [0.15, 0.2) is 0 Å². The van der Waals surface area contributed by atoms with Crippen LogP contribution in [0.15, 0.2) is 71.6 Å². The average molecular weight is 473 g/mol. The van der Waals surface area contributed by atoms with Gasteiger partial charge in [-0.2, -0.15) is 0 Å². The van der Waals surface area contributed by atoms with Crippen molar-refractivity contribution in [3.8, 4) is 5.75 Å². The van der Waals surface area contributed by atoms with Crippen LogP contribution in [0.1, 0.15) is 41.4 Å². The molecule has 3 rings (SSSR count). The summed E-state index contributed by atoms with van der Waals surface area (Å²) >= 11 is 6.23. The lowest BCUT2D eigenvalue weighted by atomic mass is 10.1. The van der Waals surface area contributed by atoms with E-state index in [1.54, 1.807) is 12.1 Å². The number of hydrogen-bond donors (Lipinski definition) is 2. The summed E-state index contributed by atoms with van der Waals surface area (Å²) in [6, 6.07) is 18.1. The van der Waals surface area contributed by atoms with Crippen LogP contribution in [0.25, 0.3) is 0 Å². The zero-order valence-corrected chi connectivity index (χ0v) is 19.6. The molecule has 32 heavy (non-hydrogen) atoms. The van der Waals surface area contributed by atoms with Crippen LogP contribution in [0.4, 0.5) is 5.69 Å². The van der Waals surface area contributed by atoms with Gasteiger partial charge < -0.3 is 10.1 Å². The molecular weight excluding hydrogens is 448 g/mol. The summed E-state index contributed by atoms with van der Waals surface area (Å²) in [6.45, 7) is 6.22. The number of hydrogen-bond acceptors (Lipinski definition) is 4. The summed E-state index contributed by atoms with van der Waals surface area (Å²) in [4.78, 5) is 13.0. The van der Waals surface area contributed by atoms with Crippen LogP contribution in [-0.2, 0) is 10.0 Å². The summed E-state index contributed by atoms with van der Waals surface area (Å²) in [5, 5.41) is 3.11. The molecule has 2 N–H and O–H groups in total. The van der Waals surface area contributed by atoms with Crippen LogP contribution in [0.5, 0.6) is 5.75 Å². The molecule has 0 heterocycles. The Bertz CT molecular complexity index is 1190. The maximum absolute atomic E-state index is 12.8. The maximum Gasteiger partial charge on any atom is 0.261 e. The molecule has 6 nitrogen and oxygen atoms in total. The minimum Gasteiger partial charge on any atom is -0.494 e. The Balaban J connectivity index is 1.75. The van der Waals surface area contributed by atoms with Gasteiger partial charge in [0, 0.05) is 5.69 Å². The number of sulfonamides is 1. The number of carbonyl (C=O) groups excluding carboxylic acids is 1. The van der Waals surface area contributed by atoms with Gasteiger partial charge in [0.25, 0.3) is 15.9 Å². The summed E-state index contributed by atoms with van der Waals surface area (Å²) in [5.74, 6) is 0.346. The molecule has 0 spiro atoms. The summed E-state index contributed by atoms with van der Waals surface area (Å²) in [7, 11) is -3.80. The van der Waals surface area contributed by atoms with Crippen molar-refractivity contribution in [2.24, 2.45) is 0 Å². The first-order chi connectivity index (χ1) is 15.2. The van der Waals surface area contributed by atoms with E-state index >= 15 is 0 Å². The minimum atomic E-state index is -3.80. The van der Waals surface area contributed by atoms with E-state index in [2.05, 4.69) is 10.0 Å². The van der Waals surface area contributed by atoms with Crippen LogP contribution in [0.2, 0.25) is 5.02 Å². The molecule has 0 unspecified atom stereocenters. The molecule has 0 radical (unpaired) electrons. The van der Waals surface area contributed by atoms with Crippen molar-refractivity contribution < 1.29 is 17.9 Å². The molecule has 0 aliphatic rings. The van der Waals surface area contributed by atoms with E-state index < -0.39 is 15.9 Å². The highest BCUT2D eigenvalue weighted by molar-refractivity contribution is 7.92. The number of benzene rings is 3. The monoisotopic (exact) mass is 472 g/mol. The quantitative estimate of drug-likeness (QED) is 0.463. The van der Waals surface area contributed by atoms with Gasteiger partial charge in [-0.15, -0.1) is 0 Å². The third-order valence-electron chi connectivity index (χ3n) is 4.83. The van der Waals surface area contributed by atoms with Crippen molar-refractivity contribution >= 4 is 33.2 Å². The third-order valence-corrected chi connectivity index (χ3v) is 6.56. The van der Waals surface area contributed by atoms with E-state index in [4.69, 9.17) is 16.3 Å². The van der Waals surface area contributed by atoms with E-state index in [1.807, 2.05) is 45.0 Å². The zero-order chi connectivity index (χ0) is 23.3. The standard InChI is InChI=1S/C24H25ClN2O4S/c1-4-31-20-10-7-18(8-11-20)17(3)26-24(28)22-15-19(9-14-23(22)25)27-32(29,30)21-12-5-16(2)6-13-21/h5-15,17,27H,4H2,1-3H3,(H,26,28)/t17-/m1/s1. The summed E-state index contributed by atoms with van der Waals surface area (Å²) in [5.41, 5.74) is 2.27. The largest absolute Gasteiger partial charge is 0.494 e. The predicted molar refractivity (Wildman–Crippen MR) is 127 cm³/mol. The molecule has 0 saturated carbocycles. The Morgan fingerprint density at radius 3 is 2.31 bits per heavy atom. The van der Waals surface area contributed by atoms with Crippen molar-refractivity contribution in [3.05, 3.63) is 88.4 Å². The topological polar surface area (TPSA) is 84.5 Å². The number of aryl methyl sites for hydroxylation is 1. The van der Waals surface area contributed by atoms with E-state index in [-0.39, 0.29) is 27.2 Å². The smallest absolute Gasteiger partial charge is 0.261 e. The summed E-state index contributed by atoms with van der Waals surface area (Å²) in [6.07, 6.45) is 0. The van der Waals surface area contributed by atoms with Gasteiger partial charge in [-0.1, -0.05) is 41.4 Å². The van der Waals surface area contributed by atoms with E-state index in [1.165, 1.54) is 30.3 Å². The van der Waals surface area contributed by atoms with Crippen LogP contribution in [0.3, 0.4) is 0 Å². The summed E-state index contributed by atoms with van der Waals surface area (Å²) < 4.78 is 33.3. The molecule has 3 aromatic rings. The Kier molecular flexibility index (Phi) is 7.43. The lowest BCUT2D eigenvalue weighted by molar-refractivity contribution is 0.0940. The van der Waals surface area contributed by atoms with Gasteiger partial charge in [-0.05, 0) is 68.8 Å². The SMILES string of the molecule is CCOc1ccc([C@@H](C)NC(=O)c2cc(NS(=O)(=O)c3ccc(C)cc3)ccc2Cl)cc1. The van der Waals surface area contributed by atoms with Crippen molar-refractivity contribution in [2.75, 3.05) is 11.3 Å². The molecule has 0 aliphatic heterocycles. The second kappa shape index (κ2) is 10.1. The highest BCUT2D eigenvalue weighted by Crippen LogP contribution is 2.24. The van der Waals surface area contributed by atoms with Crippen molar-refractivity contribution in [2.45, 2.75) is 31.7 Å². The van der Waals surface area contributed by atoms with Crippen molar-refractivity contribution in [3.63, 3.8) is 0 Å². The fourth-order valence-corrected chi connectivity index (χ4v) is 4.32. The molecule has 1 amide bonds. The average Bonchev–Trinajstić information content (AvgIpc) is 2.76. The molecule has 168 valence electrons. The Hall–Kier alpha value is -3.03. The lowest BCUT2D eigenvalue weighted by Gasteiger charge is -2.16. The van der Waals surface area contributed by atoms with Gasteiger partial charge in [0.2, 0.25) is 0 Å². The number of rotatable bonds is 8. The van der Waals surface area contributed by atoms with Gasteiger partial charge in [0.05, 0.1) is 28.1 Å². The maximum atomic E-state index is 12.8. The molecule has 0 aromatic heterocycles. The van der Waals surface area contributed by atoms with E-state index in [9.17, 15) is 13.2 Å². The van der Waals surface area contributed by atoms with Crippen LogP contribution in [0, 0.1) is 6.92 Å². The third kappa shape index (κ3) is 5.81. The molecule has 0 aliphatic carbocycles. The molecule has 0 fully saturated rings. The first kappa shape index (κ1) is 23.6. The Labute approximate surface area is 193 Å². The number of carbonyl (C=O) groups is 1. The van der Waals surface area contributed by atoms with Gasteiger partial charge >= 0.3 is 0 Å². The Morgan fingerprint density at radius 1 is 1.03 bits per heavy atom. The molecule has 1 atom stereocenters. The van der Waals surface area contributed by atoms with Crippen LogP contribution in [-0.4, -0.2) is 20.9 Å². The van der Waals surface area contributed by atoms with E-state index in [0.29, 0.717) is 6.61 Å². The zero-order valence-electron chi connectivity index (χ0n) is 18.1. The first-order valence-corrected chi connectivity index (χ1v) is 12.0. The number of anilines is 1. The van der Waals surface area contributed by atoms with E-state index in [0.717, 1.165) is 16.9 Å². The highest BCUT2D eigenvalue weighted by Gasteiger charge is 2.18. The van der Waals surface area contributed by atoms with Crippen LogP contribution >= 0.6 is 11.6 Å². The molecule has 0 bridgehead atoms. The van der Waals surface area contributed by atoms with Gasteiger partial charge in [-0.3, -0.25) is 9.52 Å². The van der Waals surface area contributed by atoms with Crippen LogP contribution < -0.4 is 14.8 Å². The molecule has 8 heteroatoms. The number of nitrogens with one attached hydrogen (secondary N) is 2. The molecule has 3 aromatic carbocycles. The number of ether oxygens (including phenoxy) is 1.